The van der Waals surface area contributed by atoms with Gasteiger partial charge >= 0.3 is 6.03 Å². The Morgan fingerprint density at radius 2 is 1.46 bits per heavy atom. The number of benzene rings is 2. The molecule has 0 spiro atoms. The van der Waals surface area contributed by atoms with Gasteiger partial charge in [0.1, 0.15) is 0 Å². The lowest BCUT2D eigenvalue weighted by Crippen LogP contribution is -2.45. The van der Waals surface area contributed by atoms with Crippen molar-refractivity contribution in [3.63, 3.8) is 0 Å². The normalized spacial score (nSPS) is 17.7. The van der Waals surface area contributed by atoms with Crippen LogP contribution in [0.3, 0.4) is 0 Å². The zero-order valence-electron chi connectivity index (χ0n) is 14.0. The van der Waals surface area contributed by atoms with E-state index in [2.05, 4.69) is 12.2 Å². The van der Waals surface area contributed by atoms with Crippen LogP contribution < -0.4 is 5.32 Å². The van der Waals surface area contributed by atoms with Crippen LogP contribution in [0.1, 0.15) is 31.4 Å². The zero-order valence-corrected chi connectivity index (χ0v) is 14.0. The van der Waals surface area contributed by atoms with Gasteiger partial charge in [-0.25, -0.2) is 4.79 Å². The molecule has 1 atom stereocenters. The molecule has 1 fully saturated rings. The number of imide groups is 1. The third kappa shape index (κ3) is 2.58. The number of nitrogens with one attached hydrogen (secondary N) is 1. The molecular formula is C20H22N2O2. The van der Waals surface area contributed by atoms with Crippen molar-refractivity contribution in [2.24, 2.45) is 5.92 Å². The summed E-state index contributed by atoms with van der Waals surface area (Å²) in [7, 11) is 0. The summed E-state index contributed by atoms with van der Waals surface area (Å²) in [5.41, 5.74) is 0.412. The van der Waals surface area contributed by atoms with Gasteiger partial charge in [-0.1, -0.05) is 80.9 Å². The highest BCUT2D eigenvalue weighted by atomic mass is 16.2. The van der Waals surface area contributed by atoms with Gasteiger partial charge in [0, 0.05) is 6.54 Å². The highest BCUT2D eigenvalue weighted by Gasteiger charge is 2.53. The van der Waals surface area contributed by atoms with Crippen LogP contribution in [0.4, 0.5) is 4.79 Å². The molecule has 1 unspecified atom stereocenters. The largest absolute Gasteiger partial charge is 0.325 e. The van der Waals surface area contributed by atoms with Crippen LogP contribution in [-0.4, -0.2) is 23.4 Å². The molecule has 1 aliphatic rings. The molecule has 4 heteroatoms. The molecule has 1 aliphatic heterocycles. The van der Waals surface area contributed by atoms with Gasteiger partial charge in [-0.3, -0.25) is 9.69 Å². The number of hydrogen-bond acceptors (Lipinski definition) is 2. The Labute approximate surface area is 142 Å². The first-order valence-electron chi connectivity index (χ1n) is 8.34. The Balaban J connectivity index is 2.11. The first-order valence-corrected chi connectivity index (χ1v) is 8.34. The molecule has 0 aromatic heterocycles. The van der Waals surface area contributed by atoms with Crippen LogP contribution in [0.15, 0.2) is 60.7 Å². The summed E-state index contributed by atoms with van der Waals surface area (Å²) in [6.07, 6.45) is 0.917. The zero-order chi connectivity index (χ0) is 17.2. The maximum absolute atomic E-state index is 13.3. The van der Waals surface area contributed by atoms with Crippen molar-refractivity contribution in [3.05, 3.63) is 71.8 Å². The fourth-order valence-electron chi connectivity index (χ4n) is 3.12. The van der Waals surface area contributed by atoms with E-state index in [0.717, 1.165) is 17.5 Å². The summed E-state index contributed by atoms with van der Waals surface area (Å²) >= 11 is 0. The van der Waals surface area contributed by atoms with Gasteiger partial charge in [0.15, 0.2) is 5.54 Å². The molecule has 124 valence electrons. The summed E-state index contributed by atoms with van der Waals surface area (Å²) in [5, 5.41) is 2.97. The topological polar surface area (TPSA) is 49.4 Å². The van der Waals surface area contributed by atoms with E-state index in [9.17, 15) is 9.59 Å². The van der Waals surface area contributed by atoms with Gasteiger partial charge in [0.2, 0.25) is 0 Å². The SMILES string of the molecule is CCC(C)CN1C(=O)NC(c2ccccc2)(c2ccccc2)C1=O. The Hall–Kier alpha value is -2.62. The van der Waals surface area contributed by atoms with Crippen molar-refractivity contribution in [2.45, 2.75) is 25.8 Å². The second-order valence-corrected chi connectivity index (χ2v) is 6.34. The molecule has 0 radical (unpaired) electrons. The lowest BCUT2D eigenvalue weighted by molar-refractivity contribution is -0.130. The van der Waals surface area contributed by atoms with Crippen molar-refractivity contribution in [3.8, 4) is 0 Å². The number of amides is 3. The Morgan fingerprint density at radius 1 is 0.958 bits per heavy atom. The Kier molecular flexibility index (Phi) is 4.38. The number of carbonyl (C=O) groups excluding carboxylic acids is 2. The van der Waals surface area contributed by atoms with E-state index in [1.54, 1.807) is 0 Å². The Morgan fingerprint density at radius 3 is 1.92 bits per heavy atom. The molecule has 3 rings (SSSR count). The quantitative estimate of drug-likeness (QED) is 0.856. The Bertz CT molecular complexity index is 688. The second-order valence-electron chi connectivity index (χ2n) is 6.34. The molecule has 24 heavy (non-hydrogen) atoms. The van der Waals surface area contributed by atoms with Gasteiger partial charge in [-0.15, -0.1) is 0 Å². The van der Waals surface area contributed by atoms with Gasteiger partial charge < -0.3 is 5.32 Å². The second kappa shape index (κ2) is 6.48. The van der Waals surface area contributed by atoms with E-state index >= 15 is 0 Å². The highest BCUT2D eigenvalue weighted by molar-refractivity contribution is 6.09. The molecule has 0 aliphatic carbocycles. The fraction of sp³-hybridized carbons (Fsp3) is 0.300. The van der Waals surface area contributed by atoms with Crippen molar-refractivity contribution in [1.82, 2.24) is 10.2 Å². The van der Waals surface area contributed by atoms with E-state index in [1.165, 1.54) is 4.90 Å². The van der Waals surface area contributed by atoms with E-state index in [-0.39, 0.29) is 17.9 Å². The maximum atomic E-state index is 13.3. The summed E-state index contributed by atoms with van der Waals surface area (Å²) in [4.78, 5) is 27.3. The number of rotatable bonds is 5. The molecule has 0 bridgehead atoms. The van der Waals surface area contributed by atoms with Crippen LogP contribution in [-0.2, 0) is 10.3 Å². The first kappa shape index (κ1) is 16.2. The van der Waals surface area contributed by atoms with Crippen molar-refractivity contribution < 1.29 is 9.59 Å². The number of hydrogen-bond donors (Lipinski definition) is 1. The molecule has 2 aromatic rings. The van der Waals surface area contributed by atoms with Gasteiger partial charge in [0.05, 0.1) is 0 Å². The monoisotopic (exact) mass is 322 g/mol. The molecule has 1 N–H and O–H groups in total. The van der Waals surface area contributed by atoms with Gasteiger partial charge in [-0.05, 0) is 17.0 Å². The van der Waals surface area contributed by atoms with Crippen LogP contribution in [0.25, 0.3) is 0 Å². The summed E-state index contributed by atoms with van der Waals surface area (Å²) in [6.45, 7) is 4.54. The minimum Gasteiger partial charge on any atom is -0.315 e. The van der Waals surface area contributed by atoms with E-state index in [1.807, 2.05) is 67.6 Å². The molecule has 4 nitrogen and oxygen atoms in total. The number of urea groups is 1. The molecule has 3 amide bonds. The fourth-order valence-corrected chi connectivity index (χ4v) is 3.12. The van der Waals surface area contributed by atoms with Crippen molar-refractivity contribution in [1.29, 1.82) is 0 Å². The third-order valence-electron chi connectivity index (χ3n) is 4.71. The van der Waals surface area contributed by atoms with E-state index in [0.29, 0.717) is 6.54 Å². The predicted molar refractivity (Wildman–Crippen MR) is 93.4 cm³/mol. The van der Waals surface area contributed by atoms with Crippen LogP contribution in [0.5, 0.6) is 0 Å². The summed E-state index contributed by atoms with van der Waals surface area (Å²) < 4.78 is 0. The predicted octanol–water partition coefficient (Wildman–Crippen LogP) is 3.53. The van der Waals surface area contributed by atoms with Gasteiger partial charge in [-0.2, -0.15) is 0 Å². The minimum absolute atomic E-state index is 0.204. The van der Waals surface area contributed by atoms with Gasteiger partial charge in [0.25, 0.3) is 5.91 Å². The van der Waals surface area contributed by atoms with Crippen molar-refractivity contribution >= 4 is 11.9 Å². The summed E-state index contributed by atoms with van der Waals surface area (Å²) in [6, 6.07) is 18.6. The molecule has 1 saturated heterocycles. The molecular weight excluding hydrogens is 300 g/mol. The van der Waals surface area contributed by atoms with E-state index in [4.69, 9.17) is 0 Å². The maximum Gasteiger partial charge on any atom is 0.325 e. The van der Waals surface area contributed by atoms with Crippen LogP contribution in [0.2, 0.25) is 0 Å². The third-order valence-corrected chi connectivity index (χ3v) is 4.71. The molecule has 2 aromatic carbocycles. The van der Waals surface area contributed by atoms with Crippen LogP contribution >= 0.6 is 0 Å². The molecule has 0 saturated carbocycles. The lowest BCUT2D eigenvalue weighted by Gasteiger charge is -2.28. The minimum atomic E-state index is -1.15. The highest BCUT2D eigenvalue weighted by Crippen LogP contribution is 2.36. The molecule has 1 heterocycles. The van der Waals surface area contributed by atoms with Crippen molar-refractivity contribution in [2.75, 3.05) is 6.54 Å². The van der Waals surface area contributed by atoms with Crippen LogP contribution in [0, 0.1) is 5.92 Å². The number of carbonyl (C=O) groups is 2. The van der Waals surface area contributed by atoms with E-state index < -0.39 is 5.54 Å². The standard InChI is InChI=1S/C20H22N2O2/c1-3-15(2)14-22-18(23)20(21-19(22)24,16-10-6-4-7-11-16)17-12-8-5-9-13-17/h4-13,15H,3,14H2,1-2H3,(H,21,24). The number of nitrogens with zero attached hydrogens (tertiary/aromatic N) is 1. The summed E-state index contributed by atoms with van der Waals surface area (Å²) in [5.74, 6) is 0.0623. The smallest absolute Gasteiger partial charge is 0.315 e. The average molecular weight is 322 g/mol. The first-order chi connectivity index (χ1) is 11.6. The average Bonchev–Trinajstić information content (AvgIpc) is 2.88. The lowest BCUT2D eigenvalue weighted by atomic mass is 9.82.